The van der Waals surface area contributed by atoms with E-state index in [9.17, 15) is 9.18 Å². The lowest BCUT2D eigenvalue weighted by Gasteiger charge is -2.22. The van der Waals surface area contributed by atoms with E-state index in [1.54, 1.807) is 0 Å². The van der Waals surface area contributed by atoms with Crippen LogP contribution in [0.15, 0.2) is 12.1 Å². The molecule has 0 amide bonds. The van der Waals surface area contributed by atoms with Crippen LogP contribution in [0, 0.1) is 5.82 Å². The van der Waals surface area contributed by atoms with Crippen LogP contribution in [0.5, 0.6) is 0 Å². The number of hydrogen-bond acceptors (Lipinski definition) is 1. The van der Waals surface area contributed by atoms with Gasteiger partial charge >= 0.3 is 0 Å². The first kappa shape index (κ1) is 9.66. The minimum atomic E-state index is -0.438. The van der Waals surface area contributed by atoms with E-state index in [0.717, 1.165) is 6.42 Å². The number of benzene rings is 1. The molecular formula is C11H10ClFO. The summed E-state index contributed by atoms with van der Waals surface area (Å²) in [6.07, 6.45) is 1.30. The summed E-state index contributed by atoms with van der Waals surface area (Å²) >= 11 is 5.84. The van der Waals surface area contributed by atoms with Crippen LogP contribution in [0.25, 0.3) is 0 Å². The normalized spacial score (nSPS) is 20.8. The Bertz CT molecular complexity index is 401. The molecule has 1 atom stereocenters. The molecule has 0 saturated carbocycles. The van der Waals surface area contributed by atoms with Crippen LogP contribution in [-0.2, 0) is 0 Å². The molecule has 1 aliphatic rings. The van der Waals surface area contributed by atoms with Crippen molar-refractivity contribution in [3.8, 4) is 0 Å². The monoisotopic (exact) mass is 212 g/mol. The molecule has 0 heterocycles. The maximum atomic E-state index is 13.2. The lowest BCUT2D eigenvalue weighted by Crippen LogP contribution is -2.14. The quantitative estimate of drug-likeness (QED) is 0.643. The van der Waals surface area contributed by atoms with Gasteiger partial charge in [0.05, 0.1) is 5.02 Å². The highest BCUT2D eigenvalue weighted by Crippen LogP contribution is 2.37. The standard InChI is InChI=1S/C11H10ClFO/c1-6-2-5-9(14)7-3-4-8(13)11(12)10(6)7/h3-4,6H,2,5H2,1H3. The second kappa shape index (κ2) is 3.35. The summed E-state index contributed by atoms with van der Waals surface area (Å²) in [4.78, 5) is 11.5. The molecule has 0 N–H and O–H groups in total. The van der Waals surface area contributed by atoms with Crippen molar-refractivity contribution in [2.24, 2.45) is 0 Å². The van der Waals surface area contributed by atoms with Crippen molar-refractivity contribution in [1.82, 2.24) is 0 Å². The zero-order chi connectivity index (χ0) is 10.3. The fourth-order valence-corrected chi connectivity index (χ4v) is 2.27. The number of halogens is 2. The van der Waals surface area contributed by atoms with Gasteiger partial charge in [-0.15, -0.1) is 0 Å². The topological polar surface area (TPSA) is 17.1 Å². The van der Waals surface area contributed by atoms with E-state index in [1.165, 1.54) is 12.1 Å². The number of carbonyl (C=O) groups excluding carboxylic acids is 1. The highest BCUT2D eigenvalue weighted by molar-refractivity contribution is 6.32. The van der Waals surface area contributed by atoms with Crippen LogP contribution >= 0.6 is 11.6 Å². The Kier molecular flexibility index (Phi) is 2.31. The van der Waals surface area contributed by atoms with Crippen molar-refractivity contribution >= 4 is 17.4 Å². The predicted molar refractivity (Wildman–Crippen MR) is 53.4 cm³/mol. The average Bonchev–Trinajstić information content (AvgIpc) is 2.16. The van der Waals surface area contributed by atoms with Gasteiger partial charge in [0.15, 0.2) is 5.78 Å². The van der Waals surface area contributed by atoms with Crippen molar-refractivity contribution in [3.63, 3.8) is 0 Å². The molecule has 1 aromatic rings. The number of Topliss-reactive ketones (excluding diaryl/α,β-unsaturated/α-hetero) is 1. The summed E-state index contributed by atoms with van der Waals surface area (Å²) in [5.41, 5.74) is 1.28. The molecule has 0 bridgehead atoms. The molecule has 0 aromatic heterocycles. The number of fused-ring (bicyclic) bond motifs is 1. The van der Waals surface area contributed by atoms with Gasteiger partial charge in [0, 0.05) is 12.0 Å². The van der Waals surface area contributed by atoms with E-state index in [4.69, 9.17) is 11.6 Å². The fourth-order valence-electron chi connectivity index (χ4n) is 1.92. The highest BCUT2D eigenvalue weighted by atomic mass is 35.5. The van der Waals surface area contributed by atoms with Crippen LogP contribution in [0.4, 0.5) is 4.39 Å². The third kappa shape index (κ3) is 1.34. The van der Waals surface area contributed by atoms with E-state index in [-0.39, 0.29) is 16.7 Å². The van der Waals surface area contributed by atoms with Crippen molar-refractivity contribution < 1.29 is 9.18 Å². The first-order valence-corrected chi connectivity index (χ1v) is 5.00. The molecular weight excluding hydrogens is 203 g/mol. The molecule has 0 fully saturated rings. The molecule has 0 saturated heterocycles. The summed E-state index contributed by atoms with van der Waals surface area (Å²) in [6.45, 7) is 1.97. The van der Waals surface area contributed by atoms with Gasteiger partial charge in [0.2, 0.25) is 0 Å². The van der Waals surface area contributed by atoms with Crippen LogP contribution in [0.2, 0.25) is 5.02 Å². The predicted octanol–water partition coefficient (Wildman–Crippen LogP) is 3.56. The second-order valence-electron chi connectivity index (χ2n) is 3.69. The lowest BCUT2D eigenvalue weighted by molar-refractivity contribution is 0.0968. The molecule has 1 aliphatic carbocycles. The number of hydrogen-bond donors (Lipinski definition) is 0. The van der Waals surface area contributed by atoms with Crippen LogP contribution in [0.3, 0.4) is 0 Å². The zero-order valence-corrected chi connectivity index (χ0v) is 8.57. The summed E-state index contributed by atoms with van der Waals surface area (Å²) in [5.74, 6) is -0.196. The fraction of sp³-hybridized carbons (Fsp3) is 0.364. The molecule has 1 unspecified atom stereocenters. The number of ketones is 1. The van der Waals surface area contributed by atoms with E-state index in [0.29, 0.717) is 17.5 Å². The molecule has 2 rings (SSSR count). The first-order valence-electron chi connectivity index (χ1n) is 4.62. The van der Waals surface area contributed by atoms with E-state index < -0.39 is 5.82 Å². The molecule has 0 aliphatic heterocycles. The van der Waals surface area contributed by atoms with Crippen molar-refractivity contribution in [1.29, 1.82) is 0 Å². The SMILES string of the molecule is CC1CCC(=O)c2ccc(F)c(Cl)c21. The van der Waals surface area contributed by atoms with Gasteiger partial charge in [0.1, 0.15) is 5.82 Å². The second-order valence-corrected chi connectivity index (χ2v) is 4.06. The van der Waals surface area contributed by atoms with Crippen molar-refractivity contribution in [2.45, 2.75) is 25.7 Å². The summed E-state index contributed by atoms with van der Waals surface area (Å²) in [7, 11) is 0. The Labute approximate surface area is 86.9 Å². The molecule has 0 spiro atoms. The summed E-state index contributed by atoms with van der Waals surface area (Å²) in [6, 6.07) is 2.80. The van der Waals surface area contributed by atoms with Gasteiger partial charge in [-0.05, 0) is 30.0 Å². The van der Waals surface area contributed by atoms with Crippen molar-refractivity contribution in [3.05, 3.63) is 34.1 Å². The molecule has 74 valence electrons. The van der Waals surface area contributed by atoms with E-state index in [2.05, 4.69) is 0 Å². The van der Waals surface area contributed by atoms with Crippen molar-refractivity contribution in [2.75, 3.05) is 0 Å². The minimum absolute atomic E-state index is 0.0694. The molecule has 1 aromatic carbocycles. The van der Waals surface area contributed by atoms with Crippen LogP contribution in [-0.4, -0.2) is 5.78 Å². The van der Waals surface area contributed by atoms with Gasteiger partial charge in [-0.25, -0.2) is 4.39 Å². The van der Waals surface area contributed by atoms with E-state index in [1.807, 2.05) is 6.92 Å². The Balaban J connectivity index is 2.67. The Morgan fingerprint density at radius 1 is 1.50 bits per heavy atom. The molecule has 1 nitrogen and oxygen atoms in total. The van der Waals surface area contributed by atoms with Crippen LogP contribution in [0.1, 0.15) is 41.6 Å². The Hall–Kier alpha value is -0.890. The van der Waals surface area contributed by atoms with Gasteiger partial charge in [-0.3, -0.25) is 4.79 Å². The smallest absolute Gasteiger partial charge is 0.163 e. The maximum absolute atomic E-state index is 13.2. The minimum Gasteiger partial charge on any atom is -0.294 e. The van der Waals surface area contributed by atoms with E-state index >= 15 is 0 Å². The lowest BCUT2D eigenvalue weighted by atomic mass is 9.83. The molecule has 0 radical (unpaired) electrons. The summed E-state index contributed by atoms with van der Waals surface area (Å²) in [5, 5.41) is 0.114. The third-order valence-corrected chi connectivity index (χ3v) is 3.11. The van der Waals surface area contributed by atoms with Crippen LogP contribution < -0.4 is 0 Å². The Morgan fingerprint density at radius 2 is 2.21 bits per heavy atom. The first-order chi connectivity index (χ1) is 6.61. The van der Waals surface area contributed by atoms with Gasteiger partial charge in [-0.2, -0.15) is 0 Å². The average molecular weight is 213 g/mol. The van der Waals surface area contributed by atoms with Gasteiger partial charge < -0.3 is 0 Å². The molecule has 14 heavy (non-hydrogen) atoms. The maximum Gasteiger partial charge on any atom is 0.163 e. The Morgan fingerprint density at radius 3 is 2.93 bits per heavy atom. The number of rotatable bonds is 0. The largest absolute Gasteiger partial charge is 0.294 e. The highest BCUT2D eigenvalue weighted by Gasteiger charge is 2.26. The zero-order valence-electron chi connectivity index (χ0n) is 7.81. The summed E-state index contributed by atoms with van der Waals surface area (Å²) < 4.78 is 13.2. The third-order valence-electron chi connectivity index (χ3n) is 2.73. The van der Waals surface area contributed by atoms with Gasteiger partial charge in [0.25, 0.3) is 0 Å². The van der Waals surface area contributed by atoms with Gasteiger partial charge in [-0.1, -0.05) is 18.5 Å². The number of carbonyl (C=O) groups is 1. The molecule has 3 heteroatoms.